The minimum atomic E-state index is 0.686. The van der Waals surface area contributed by atoms with Crippen molar-refractivity contribution in [2.45, 2.75) is 13.5 Å². The van der Waals surface area contributed by atoms with Crippen LogP contribution in [-0.2, 0) is 6.54 Å². The third-order valence-corrected chi connectivity index (χ3v) is 4.55. The van der Waals surface area contributed by atoms with Crippen molar-refractivity contribution < 1.29 is 4.74 Å². The lowest BCUT2D eigenvalue weighted by molar-refractivity contribution is 0.483. The Bertz CT molecular complexity index is 1080. The highest BCUT2D eigenvalue weighted by atomic mass is 16.5. The molecule has 0 fully saturated rings. The highest BCUT2D eigenvalue weighted by Gasteiger charge is 2.09. The Hall–Kier alpha value is -3.86. The van der Waals surface area contributed by atoms with Gasteiger partial charge in [0.2, 0.25) is 5.95 Å². The number of benzene rings is 3. The smallest absolute Gasteiger partial charge is 0.227 e. The summed E-state index contributed by atoms with van der Waals surface area (Å²) in [6.45, 7) is 2.72. The number of aryl methyl sites for hydroxylation is 1. The quantitative estimate of drug-likeness (QED) is 0.418. The van der Waals surface area contributed by atoms with Crippen molar-refractivity contribution in [1.82, 2.24) is 9.97 Å². The molecule has 0 aliphatic carbocycles. The van der Waals surface area contributed by atoms with Gasteiger partial charge in [-0.25, -0.2) is 4.98 Å². The summed E-state index contributed by atoms with van der Waals surface area (Å²) in [7, 11) is 2.00. The average molecular weight is 396 g/mol. The number of ether oxygens (including phenoxy) is 1. The zero-order valence-electron chi connectivity index (χ0n) is 17.1. The number of nitrogens with one attached hydrogen (secondary N) is 1. The van der Waals surface area contributed by atoms with E-state index < -0.39 is 0 Å². The van der Waals surface area contributed by atoms with Gasteiger partial charge < -0.3 is 15.0 Å². The van der Waals surface area contributed by atoms with Crippen LogP contribution < -0.4 is 15.0 Å². The normalized spacial score (nSPS) is 10.5. The molecule has 0 radical (unpaired) electrons. The van der Waals surface area contributed by atoms with Gasteiger partial charge in [0, 0.05) is 31.0 Å². The van der Waals surface area contributed by atoms with E-state index in [9.17, 15) is 0 Å². The summed E-state index contributed by atoms with van der Waals surface area (Å²) >= 11 is 0. The Morgan fingerprint density at radius 3 is 2.13 bits per heavy atom. The molecule has 0 unspecified atom stereocenters. The fraction of sp³-hybridized carbons (Fsp3) is 0.120. The molecule has 4 aromatic rings. The second-order valence-electron chi connectivity index (χ2n) is 7.10. The summed E-state index contributed by atoms with van der Waals surface area (Å²) in [5.74, 6) is 3.05. The fourth-order valence-electron chi connectivity index (χ4n) is 3.09. The molecule has 0 spiro atoms. The van der Waals surface area contributed by atoms with Crippen molar-refractivity contribution >= 4 is 17.5 Å². The molecule has 0 bridgehead atoms. The van der Waals surface area contributed by atoms with Crippen LogP contribution in [0.5, 0.6) is 11.5 Å². The summed E-state index contributed by atoms with van der Waals surface area (Å²) in [4.78, 5) is 11.3. The Labute approximate surface area is 177 Å². The molecule has 1 heterocycles. The zero-order valence-corrected chi connectivity index (χ0v) is 17.1. The van der Waals surface area contributed by atoms with Crippen LogP contribution in [0, 0.1) is 6.92 Å². The molecular weight excluding hydrogens is 372 g/mol. The van der Waals surface area contributed by atoms with Crippen molar-refractivity contribution in [3.8, 4) is 11.5 Å². The number of aromatic nitrogens is 2. The van der Waals surface area contributed by atoms with E-state index >= 15 is 0 Å². The third kappa shape index (κ3) is 5.14. The molecule has 5 nitrogen and oxygen atoms in total. The molecule has 0 saturated carbocycles. The molecule has 5 heteroatoms. The van der Waals surface area contributed by atoms with E-state index in [0.717, 1.165) is 35.2 Å². The number of para-hydroxylation sites is 1. The molecule has 150 valence electrons. The largest absolute Gasteiger partial charge is 0.457 e. The second-order valence-corrected chi connectivity index (χ2v) is 7.10. The first kappa shape index (κ1) is 19.5. The van der Waals surface area contributed by atoms with Gasteiger partial charge in [0.05, 0.1) is 0 Å². The van der Waals surface area contributed by atoms with Crippen LogP contribution in [0.4, 0.5) is 17.5 Å². The lowest BCUT2D eigenvalue weighted by atomic mass is 10.2. The highest BCUT2D eigenvalue weighted by Crippen LogP contribution is 2.24. The van der Waals surface area contributed by atoms with E-state index in [0.29, 0.717) is 5.95 Å². The van der Waals surface area contributed by atoms with Crippen LogP contribution in [0.3, 0.4) is 0 Å². The average Bonchev–Trinajstić information content (AvgIpc) is 2.76. The molecule has 0 amide bonds. The van der Waals surface area contributed by atoms with Crippen LogP contribution in [0.25, 0.3) is 0 Å². The molecule has 0 atom stereocenters. The fourth-order valence-corrected chi connectivity index (χ4v) is 3.09. The molecule has 0 aliphatic rings. The van der Waals surface area contributed by atoms with Crippen molar-refractivity contribution in [3.63, 3.8) is 0 Å². The molecular formula is C25H24N4O. The molecule has 4 rings (SSSR count). The monoisotopic (exact) mass is 396 g/mol. The van der Waals surface area contributed by atoms with Gasteiger partial charge in [0.1, 0.15) is 17.3 Å². The number of hydrogen-bond acceptors (Lipinski definition) is 5. The maximum atomic E-state index is 5.85. The predicted molar refractivity (Wildman–Crippen MR) is 122 cm³/mol. The van der Waals surface area contributed by atoms with Crippen LogP contribution in [0.15, 0.2) is 91.0 Å². The van der Waals surface area contributed by atoms with E-state index in [1.807, 2.05) is 97.7 Å². The van der Waals surface area contributed by atoms with Gasteiger partial charge in [-0.15, -0.1) is 0 Å². The standard InChI is InChI=1S/C25H24N4O/c1-19-17-24(28-25(26-19)29(2)18-20-9-5-3-6-10-20)27-21-13-15-23(16-14-21)30-22-11-7-4-8-12-22/h3-17H,18H2,1-2H3,(H,26,27,28). The van der Waals surface area contributed by atoms with E-state index in [4.69, 9.17) is 4.74 Å². The Balaban J connectivity index is 1.45. The van der Waals surface area contributed by atoms with E-state index in [2.05, 4.69) is 27.4 Å². The lowest BCUT2D eigenvalue weighted by Gasteiger charge is -2.18. The van der Waals surface area contributed by atoms with Gasteiger partial charge in [0.15, 0.2) is 0 Å². The topological polar surface area (TPSA) is 50.3 Å². The van der Waals surface area contributed by atoms with Gasteiger partial charge in [-0.1, -0.05) is 48.5 Å². The minimum absolute atomic E-state index is 0.686. The molecule has 3 aromatic carbocycles. The molecule has 30 heavy (non-hydrogen) atoms. The third-order valence-electron chi connectivity index (χ3n) is 4.55. The lowest BCUT2D eigenvalue weighted by Crippen LogP contribution is -2.19. The number of hydrogen-bond donors (Lipinski definition) is 1. The number of rotatable bonds is 7. The predicted octanol–water partition coefficient (Wildman–Crippen LogP) is 5.96. The van der Waals surface area contributed by atoms with Crippen molar-refractivity contribution in [2.75, 3.05) is 17.3 Å². The van der Waals surface area contributed by atoms with Gasteiger partial charge >= 0.3 is 0 Å². The zero-order chi connectivity index (χ0) is 20.8. The van der Waals surface area contributed by atoms with Gasteiger partial charge in [0.25, 0.3) is 0 Å². The van der Waals surface area contributed by atoms with Crippen molar-refractivity contribution in [3.05, 3.63) is 102 Å². The molecule has 0 aliphatic heterocycles. The first-order valence-electron chi connectivity index (χ1n) is 9.86. The summed E-state index contributed by atoms with van der Waals surface area (Å²) in [6, 6.07) is 29.8. The van der Waals surface area contributed by atoms with Gasteiger partial charge in [-0.05, 0) is 48.9 Å². The van der Waals surface area contributed by atoms with Crippen LogP contribution >= 0.6 is 0 Å². The molecule has 1 aromatic heterocycles. The van der Waals surface area contributed by atoms with Crippen molar-refractivity contribution in [1.29, 1.82) is 0 Å². The second kappa shape index (κ2) is 9.09. The van der Waals surface area contributed by atoms with E-state index in [1.54, 1.807) is 0 Å². The van der Waals surface area contributed by atoms with E-state index in [1.165, 1.54) is 5.56 Å². The number of nitrogens with zero attached hydrogens (tertiary/aromatic N) is 3. The van der Waals surface area contributed by atoms with Crippen molar-refractivity contribution in [2.24, 2.45) is 0 Å². The van der Waals surface area contributed by atoms with Crippen LogP contribution in [0.1, 0.15) is 11.3 Å². The summed E-state index contributed by atoms with van der Waals surface area (Å²) < 4.78 is 5.85. The Kier molecular flexibility index (Phi) is 5.90. The Morgan fingerprint density at radius 2 is 1.43 bits per heavy atom. The van der Waals surface area contributed by atoms with Gasteiger partial charge in [-0.3, -0.25) is 0 Å². The summed E-state index contributed by atoms with van der Waals surface area (Å²) in [6.07, 6.45) is 0. The van der Waals surface area contributed by atoms with Gasteiger partial charge in [-0.2, -0.15) is 4.98 Å². The SMILES string of the molecule is Cc1cc(Nc2ccc(Oc3ccccc3)cc2)nc(N(C)Cc2ccccc2)n1. The first-order chi connectivity index (χ1) is 14.7. The van der Waals surface area contributed by atoms with Crippen LogP contribution in [-0.4, -0.2) is 17.0 Å². The Morgan fingerprint density at radius 1 is 0.800 bits per heavy atom. The summed E-state index contributed by atoms with van der Waals surface area (Å²) in [5.41, 5.74) is 3.06. The maximum Gasteiger partial charge on any atom is 0.227 e. The maximum absolute atomic E-state index is 5.85. The summed E-state index contributed by atoms with van der Waals surface area (Å²) in [5, 5.41) is 3.36. The first-order valence-corrected chi connectivity index (χ1v) is 9.86. The number of anilines is 3. The van der Waals surface area contributed by atoms with Crippen LogP contribution in [0.2, 0.25) is 0 Å². The molecule has 0 saturated heterocycles. The molecule has 1 N–H and O–H groups in total. The highest BCUT2D eigenvalue weighted by molar-refractivity contribution is 5.59. The minimum Gasteiger partial charge on any atom is -0.457 e. The van der Waals surface area contributed by atoms with E-state index in [-0.39, 0.29) is 0 Å².